The fourth-order valence-electron chi connectivity index (χ4n) is 3.55. The average Bonchev–Trinajstić information content (AvgIpc) is 3.26. The molecule has 144 valence electrons. The SMILES string of the molecule is CC1(c2ccc(F)c(F)c2)C(=O)Nc2nc(-c3cn4ccnc4cn3)nc(N)c21. The number of hydrogen-bond acceptors (Lipinski definition) is 6. The number of imidazole rings is 1. The van der Waals surface area contributed by atoms with Gasteiger partial charge in [-0.15, -0.1) is 0 Å². The van der Waals surface area contributed by atoms with Gasteiger partial charge in [-0.25, -0.2) is 28.7 Å². The minimum Gasteiger partial charge on any atom is -0.383 e. The van der Waals surface area contributed by atoms with Crippen LogP contribution < -0.4 is 11.1 Å². The molecule has 3 N–H and O–H groups in total. The normalized spacial score (nSPS) is 18.1. The van der Waals surface area contributed by atoms with Crippen molar-refractivity contribution in [3.05, 3.63) is 65.7 Å². The number of carbonyl (C=O) groups is 1. The summed E-state index contributed by atoms with van der Waals surface area (Å²) >= 11 is 0. The van der Waals surface area contributed by atoms with Crippen molar-refractivity contribution < 1.29 is 13.6 Å². The Labute approximate surface area is 162 Å². The van der Waals surface area contributed by atoms with Gasteiger partial charge in [0.25, 0.3) is 0 Å². The molecule has 0 fully saturated rings. The smallest absolute Gasteiger partial charge is 0.240 e. The predicted molar refractivity (Wildman–Crippen MR) is 99.9 cm³/mol. The molecule has 29 heavy (non-hydrogen) atoms. The number of amides is 1. The average molecular weight is 393 g/mol. The van der Waals surface area contributed by atoms with Crippen LogP contribution in [-0.2, 0) is 10.2 Å². The van der Waals surface area contributed by atoms with Gasteiger partial charge in [-0.3, -0.25) is 4.79 Å². The van der Waals surface area contributed by atoms with E-state index in [-0.39, 0.29) is 23.0 Å². The third-order valence-corrected chi connectivity index (χ3v) is 5.13. The lowest BCUT2D eigenvalue weighted by Crippen LogP contribution is -2.33. The Morgan fingerprint density at radius 2 is 2.00 bits per heavy atom. The van der Waals surface area contributed by atoms with Crippen LogP contribution in [-0.4, -0.2) is 30.2 Å². The summed E-state index contributed by atoms with van der Waals surface area (Å²) in [5, 5.41) is 2.67. The first-order valence-electron chi connectivity index (χ1n) is 8.62. The van der Waals surface area contributed by atoms with Gasteiger partial charge in [-0.05, 0) is 24.6 Å². The molecule has 0 spiro atoms. The second kappa shape index (κ2) is 5.77. The third-order valence-electron chi connectivity index (χ3n) is 5.13. The molecule has 0 bridgehead atoms. The van der Waals surface area contributed by atoms with Crippen LogP contribution in [0.3, 0.4) is 0 Å². The van der Waals surface area contributed by atoms with Gasteiger partial charge < -0.3 is 15.5 Å². The Balaban J connectivity index is 1.67. The number of benzene rings is 1. The number of nitrogens with one attached hydrogen (secondary N) is 1. The molecule has 0 saturated heterocycles. The lowest BCUT2D eigenvalue weighted by molar-refractivity contribution is -0.119. The van der Waals surface area contributed by atoms with Crippen molar-refractivity contribution in [2.24, 2.45) is 0 Å². The number of rotatable bonds is 2. The van der Waals surface area contributed by atoms with Crippen molar-refractivity contribution >= 4 is 23.2 Å². The Morgan fingerprint density at radius 3 is 2.79 bits per heavy atom. The zero-order chi connectivity index (χ0) is 20.3. The summed E-state index contributed by atoms with van der Waals surface area (Å²) in [6.45, 7) is 1.57. The highest BCUT2D eigenvalue weighted by Gasteiger charge is 2.47. The number of carbonyl (C=O) groups excluding carboxylic acids is 1. The quantitative estimate of drug-likeness (QED) is 0.541. The molecule has 1 unspecified atom stereocenters. The summed E-state index contributed by atoms with van der Waals surface area (Å²) in [6, 6.07) is 3.29. The Morgan fingerprint density at radius 1 is 1.17 bits per heavy atom. The highest BCUT2D eigenvalue weighted by Crippen LogP contribution is 2.45. The van der Waals surface area contributed by atoms with E-state index in [4.69, 9.17) is 5.73 Å². The van der Waals surface area contributed by atoms with E-state index < -0.39 is 23.0 Å². The molecular weight excluding hydrogens is 380 g/mol. The zero-order valence-corrected chi connectivity index (χ0v) is 15.0. The molecule has 0 radical (unpaired) electrons. The van der Waals surface area contributed by atoms with Crippen molar-refractivity contribution in [2.45, 2.75) is 12.3 Å². The number of fused-ring (bicyclic) bond motifs is 2. The van der Waals surface area contributed by atoms with Crippen LogP contribution in [0.5, 0.6) is 0 Å². The van der Waals surface area contributed by atoms with Crippen LogP contribution in [0.4, 0.5) is 20.4 Å². The highest BCUT2D eigenvalue weighted by molar-refractivity contribution is 6.09. The third kappa shape index (κ3) is 2.38. The maximum absolute atomic E-state index is 13.8. The topological polar surface area (TPSA) is 111 Å². The monoisotopic (exact) mass is 393 g/mol. The van der Waals surface area contributed by atoms with E-state index in [0.29, 0.717) is 16.9 Å². The van der Waals surface area contributed by atoms with Crippen molar-refractivity contribution in [3.8, 4) is 11.5 Å². The molecule has 5 rings (SSSR count). The van der Waals surface area contributed by atoms with Crippen molar-refractivity contribution in [2.75, 3.05) is 11.1 Å². The predicted octanol–water partition coefficient (Wildman–Crippen LogP) is 2.30. The Kier molecular flexibility index (Phi) is 3.42. The maximum atomic E-state index is 13.8. The van der Waals surface area contributed by atoms with Crippen LogP contribution in [0.15, 0.2) is 43.0 Å². The van der Waals surface area contributed by atoms with E-state index in [0.717, 1.165) is 12.1 Å². The number of nitrogen functional groups attached to an aromatic ring is 1. The molecule has 0 aliphatic carbocycles. The van der Waals surface area contributed by atoms with Gasteiger partial charge in [0.2, 0.25) is 5.91 Å². The van der Waals surface area contributed by atoms with Crippen LogP contribution in [0.1, 0.15) is 18.1 Å². The van der Waals surface area contributed by atoms with E-state index in [1.165, 1.54) is 6.07 Å². The molecule has 4 aromatic rings. The first-order chi connectivity index (χ1) is 13.9. The van der Waals surface area contributed by atoms with Crippen LogP contribution in [0.25, 0.3) is 17.2 Å². The van der Waals surface area contributed by atoms with Crippen LogP contribution >= 0.6 is 0 Å². The van der Waals surface area contributed by atoms with Gasteiger partial charge in [0, 0.05) is 18.6 Å². The van der Waals surface area contributed by atoms with E-state index in [1.54, 1.807) is 36.1 Å². The van der Waals surface area contributed by atoms with Gasteiger partial charge in [-0.2, -0.15) is 0 Å². The largest absolute Gasteiger partial charge is 0.383 e. The molecule has 1 amide bonds. The molecule has 8 nitrogen and oxygen atoms in total. The Bertz CT molecular complexity index is 1320. The van der Waals surface area contributed by atoms with E-state index in [1.807, 2.05) is 0 Å². The lowest BCUT2D eigenvalue weighted by atomic mass is 9.77. The number of nitrogens with zero attached hydrogens (tertiary/aromatic N) is 5. The number of anilines is 2. The van der Waals surface area contributed by atoms with Gasteiger partial charge in [0.1, 0.15) is 22.7 Å². The summed E-state index contributed by atoms with van der Waals surface area (Å²) in [6.07, 6.45) is 6.63. The van der Waals surface area contributed by atoms with Gasteiger partial charge in [0.15, 0.2) is 23.1 Å². The molecule has 3 aromatic heterocycles. The number of halogens is 2. The van der Waals surface area contributed by atoms with Gasteiger partial charge >= 0.3 is 0 Å². The second-order valence-electron chi connectivity index (χ2n) is 6.83. The summed E-state index contributed by atoms with van der Waals surface area (Å²) in [5.41, 5.74) is 6.46. The van der Waals surface area contributed by atoms with E-state index in [2.05, 4.69) is 25.3 Å². The molecule has 10 heteroatoms. The summed E-state index contributed by atoms with van der Waals surface area (Å²) in [7, 11) is 0. The molecule has 1 atom stereocenters. The van der Waals surface area contributed by atoms with Crippen LogP contribution in [0, 0.1) is 11.6 Å². The van der Waals surface area contributed by atoms with Crippen molar-refractivity contribution in [3.63, 3.8) is 0 Å². The first-order valence-corrected chi connectivity index (χ1v) is 8.62. The summed E-state index contributed by atoms with van der Waals surface area (Å²) in [5.74, 6) is -2.06. The molecule has 1 aliphatic rings. The lowest BCUT2D eigenvalue weighted by Gasteiger charge is -2.23. The fraction of sp³-hybridized carbons (Fsp3) is 0.105. The standard InChI is InChI=1S/C19H13F2N7O/c1-19(9-2-3-10(20)11(21)6-9)14-15(22)25-16(26-17(14)27-18(19)29)12-8-28-5-4-23-13(28)7-24-12/h2-8H,1H3,(H3,22,25,26,27,29). The van der Waals surface area contributed by atoms with Crippen molar-refractivity contribution in [1.29, 1.82) is 0 Å². The van der Waals surface area contributed by atoms with E-state index in [9.17, 15) is 13.6 Å². The molecule has 4 heterocycles. The van der Waals surface area contributed by atoms with Gasteiger partial charge in [0.05, 0.1) is 11.8 Å². The maximum Gasteiger partial charge on any atom is 0.240 e. The molecule has 1 aliphatic heterocycles. The van der Waals surface area contributed by atoms with Crippen LogP contribution in [0.2, 0.25) is 0 Å². The minimum absolute atomic E-state index is 0.0445. The number of hydrogen-bond donors (Lipinski definition) is 2. The Hall–Kier alpha value is -3.95. The summed E-state index contributed by atoms with van der Waals surface area (Å²) in [4.78, 5) is 29.9. The summed E-state index contributed by atoms with van der Waals surface area (Å²) < 4.78 is 28.9. The van der Waals surface area contributed by atoms with Gasteiger partial charge in [-0.1, -0.05) is 6.07 Å². The number of nitrogens with two attached hydrogens (primary N) is 1. The minimum atomic E-state index is -1.37. The first kappa shape index (κ1) is 17.2. The molecular formula is C19H13F2N7O. The zero-order valence-electron chi connectivity index (χ0n) is 15.0. The number of aromatic nitrogens is 5. The second-order valence-corrected chi connectivity index (χ2v) is 6.83. The fourth-order valence-corrected chi connectivity index (χ4v) is 3.55. The molecule has 1 aromatic carbocycles. The van der Waals surface area contributed by atoms with E-state index >= 15 is 0 Å². The highest BCUT2D eigenvalue weighted by atomic mass is 19.2. The van der Waals surface area contributed by atoms with Crippen molar-refractivity contribution in [1.82, 2.24) is 24.3 Å². The molecule has 0 saturated carbocycles.